The Balaban J connectivity index is 1.42. The van der Waals surface area contributed by atoms with Crippen molar-refractivity contribution in [2.24, 2.45) is 0 Å². The van der Waals surface area contributed by atoms with E-state index in [0.29, 0.717) is 0 Å². The van der Waals surface area contributed by atoms with E-state index in [4.69, 9.17) is 0 Å². The first-order valence-electron chi connectivity index (χ1n) is 9.49. The third kappa shape index (κ3) is 3.64. The second-order valence-corrected chi connectivity index (χ2v) is 7.35. The van der Waals surface area contributed by atoms with E-state index in [2.05, 4.69) is 59.6 Å². The average Bonchev–Trinajstić information content (AvgIpc) is 3.47. The highest BCUT2D eigenvalue weighted by atomic mass is 16.2. The Hall–Kier alpha value is -2.07. The molecular formula is C21H27N3O. The zero-order valence-electron chi connectivity index (χ0n) is 14.9. The van der Waals surface area contributed by atoms with E-state index in [1.807, 2.05) is 4.90 Å². The molecule has 25 heavy (non-hydrogen) atoms. The van der Waals surface area contributed by atoms with Crippen LogP contribution in [-0.2, 0) is 0 Å². The van der Waals surface area contributed by atoms with Crippen molar-refractivity contribution >= 4 is 16.8 Å². The van der Waals surface area contributed by atoms with E-state index in [-0.39, 0.29) is 12.1 Å². The molecule has 2 fully saturated rings. The van der Waals surface area contributed by atoms with Gasteiger partial charge in [-0.3, -0.25) is 4.90 Å². The summed E-state index contributed by atoms with van der Waals surface area (Å²) in [6, 6.07) is 15.5. The van der Waals surface area contributed by atoms with Crippen LogP contribution in [0.4, 0.5) is 4.79 Å². The van der Waals surface area contributed by atoms with Gasteiger partial charge in [0.25, 0.3) is 0 Å². The Labute approximate surface area is 149 Å². The summed E-state index contributed by atoms with van der Waals surface area (Å²) in [7, 11) is 0. The minimum atomic E-state index is 0.00129. The maximum atomic E-state index is 12.8. The third-order valence-electron chi connectivity index (χ3n) is 5.51. The molecule has 4 nitrogen and oxygen atoms in total. The van der Waals surface area contributed by atoms with Gasteiger partial charge in [0, 0.05) is 32.2 Å². The number of hydrogen-bond donors (Lipinski definition) is 1. The lowest BCUT2D eigenvalue weighted by atomic mass is 10.00. The van der Waals surface area contributed by atoms with E-state index in [1.165, 1.54) is 29.2 Å². The molecule has 2 amide bonds. The van der Waals surface area contributed by atoms with E-state index in [9.17, 15) is 4.79 Å². The summed E-state index contributed by atoms with van der Waals surface area (Å²) in [6.45, 7) is 5.92. The van der Waals surface area contributed by atoms with Crippen molar-refractivity contribution in [3.63, 3.8) is 0 Å². The van der Waals surface area contributed by atoms with Crippen LogP contribution in [0, 0.1) is 0 Å². The van der Waals surface area contributed by atoms with Gasteiger partial charge in [0.2, 0.25) is 0 Å². The number of nitrogens with one attached hydrogen (secondary N) is 1. The van der Waals surface area contributed by atoms with Gasteiger partial charge in [-0.1, -0.05) is 42.5 Å². The number of benzene rings is 2. The lowest BCUT2D eigenvalue weighted by Crippen LogP contribution is -2.43. The van der Waals surface area contributed by atoms with Gasteiger partial charge in [0.05, 0.1) is 6.04 Å². The number of hydrogen-bond acceptors (Lipinski definition) is 2. The Morgan fingerprint density at radius 1 is 1.04 bits per heavy atom. The topological polar surface area (TPSA) is 35.6 Å². The Kier molecular flexibility index (Phi) is 4.62. The van der Waals surface area contributed by atoms with Crippen LogP contribution in [0.1, 0.15) is 37.8 Å². The third-order valence-corrected chi connectivity index (χ3v) is 5.51. The second-order valence-electron chi connectivity index (χ2n) is 7.35. The molecule has 1 saturated carbocycles. The summed E-state index contributed by atoms with van der Waals surface area (Å²) in [5.41, 5.74) is 1.18. The molecule has 2 aliphatic rings. The van der Waals surface area contributed by atoms with Crippen molar-refractivity contribution in [3.05, 3.63) is 48.0 Å². The van der Waals surface area contributed by atoms with Gasteiger partial charge >= 0.3 is 6.03 Å². The summed E-state index contributed by atoms with van der Waals surface area (Å²) in [6.07, 6.45) is 3.75. The Bertz CT molecular complexity index is 750. The van der Waals surface area contributed by atoms with Gasteiger partial charge in [-0.15, -0.1) is 0 Å². The van der Waals surface area contributed by atoms with E-state index in [0.717, 1.165) is 38.6 Å². The zero-order valence-corrected chi connectivity index (χ0v) is 14.9. The van der Waals surface area contributed by atoms with Crippen LogP contribution in [-0.4, -0.2) is 48.1 Å². The number of fused-ring (bicyclic) bond motifs is 1. The summed E-state index contributed by atoms with van der Waals surface area (Å²) in [4.78, 5) is 17.3. The lowest BCUT2D eigenvalue weighted by Gasteiger charge is -2.25. The highest BCUT2D eigenvalue weighted by Gasteiger charge is 2.31. The lowest BCUT2D eigenvalue weighted by molar-refractivity contribution is 0.194. The molecule has 4 rings (SSSR count). The van der Waals surface area contributed by atoms with Crippen molar-refractivity contribution in [2.45, 2.75) is 38.3 Å². The molecular weight excluding hydrogens is 310 g/mol. The number of carbonyl (C=O) groups is 1. The van der Waals surface area contributed by atoms with Crippen molar-refractivity contribution in [1.82, 2.24) is 15.1 Å². The van der Waals surface area contributed by atoms with Gasteiger partial charge in [-0.25, -0.2) is 4.79 Å². The largest absolute Gasteiger partial charge is 0.331 e. The number of rotatable bonds is 3. The first kappa shape index (κ1) is 16.4. The van der Waals surface area contributed by atoms with Crippen LogP contribution in [0.25, 0.3) is 10.8 Å². The highest BCUT2D eigenvalue weighted by molar-refractivity contribution is 5.86. The van der Waals surface area contributed by atoms with E-state index >= 15 is 0 Å². The van der Waals surface area contributed by atoms with Crippen LogP contribution in [0.15, 0.2) is 42.5 Å². The fourth-order valence-corrected chi connectivity index (χ4v) is 3.93. The van der Waals surface area contributed by atoms with Gasteiger partial charge in [-0.2, -0.15) is 0 Å². The molecule has 132 valence electrons. The average molecular weight is 337 g/mol. The fraction of sp³-hybridized carbons (Fsp3) is 0.476. The Morgan fingerprint density at radius 2 is 1.84 bits per heavy atom. The molecule has 1 aliphatic carbocycles. The zero-order chi connectivity index (χ0) is 17.2. The maximum Gasteiger partial charge on any atom is 0.317 e. The standard InChI is InChI=1S/C21H27N3O/c1-16(19-9-4-7-17-6-2-3-8-20(17)19)22-21(25)24-13-5-12-23(14-15-24)18-10-11-18/h2-4,6-9,16,18H,5,10-15H2,1H3,(H,22,25)/t16-/m0/s1. The quantitative estimate of drug-likeness (QED) is 0.925. The summed E-state index contributed by atoms with van der Waals surface area (Å²) < 4.78 is 0. The molecule has 1 atom stereocenters. The van der Waals surface area contributed by atoms with Gasteiger partial charge in [0.15, 0.2) is 0 Å². The first-order valence-corrected chi connectivity index (χ1v) is 9.49. The number of urea groups is 1. The molecule has 4 heteroatoms. The molecule has 2 aromatic rings. The SMILES string of the molecule is C[C@H](NC(=O)N1CCCN(C2CC2)CC1)c1cccc2ccccc12. The van der Waals surface area contributed by atoms with Crippen molar-refractivity contribution < 1.29 is 4.79 Å². The minimum Gasteiger partial charge on any atom is -0.331 e. The number of amides is 2. The predicted octanol–water partition coefficient (Wildman–Crippen LogP) is 3.78. The molecule has 0 spiro atoms. The molecule has 0 aromatic heterocycles. The highest BCUT2D eigenvalue weighted by Crippen LogP contribution is 2.28. The summed E-state index contributed by atoms with van der Waals surface area (Å²) >= 11 is 0. The minimum absolute atomic E-state index is 0.00129. The van der Waals surface area contributed by atoms with Gasteiger partial charge in [0.1, 0.15) is 0 Å². The molecule has 1 aliphatic heterocycles. The first-order chi connectivity index (χ1) is 12.2. The fourth-order valence-electron chi connectivity index (χ4n) is 3.93. The molecule has 2 aromatic carbocycles. The predicted molar refractivity (Wildman–Crippen MR) is 102 cm³/mol. The van der Waals surface area contributed by atoms with Crippen molar-refractivity contribution in [3.8, 4) is 0 Å². The smallest absolute Gasteiger partial charge is 0.317 e. The van der Waals surface area contributed by atoms with Crippen LogP contribution >= 0.6 is 0 Å². The van der Waals surface area contributed by atoms with Crippen molar-refractivity contribution in [2.75, 3.05) is 26.2 Å². The summed E-state index contributed by atoms with van der Waals surface area (Å²) in [5, 5.41) is 5.65. The number of carbonyl (C=O) groups excluding carboxylic acids is 1. The van der Waals surface area contributed by atoms with Crippen LogP contribution in [0.2, 0.25) is 0 Å². The molecule has 0 unspecified atom stereocenters. The second kappa shape index (κ2) is 7.04. The molecule has 0 bridgehead atoms. The summed E-state index contributed by atoms with van der Waals surface area (Å²) in [5.74, 6) is 0. The molecule has 1 heterocycles. The van der Waals surface area contributed by atoms with Gasteiger partial charge < -0.3 is 10.2 Å². The maximum absolute atomic E-state index is 12.8. The van der Waals surface area contributed by atoms with E-state index < -0.39 is 0 Å². The molecule has 1 saturated heterocycles. The molecule has 1 N–H and O–H groups in total. The van der Waals surface area contributed by atoms with Crippen LogP contribution < -0.4 is 5.32 Å². The van der Waals surface area contributed by atoms with E-state index in [1.54, 1.807) is 0 Å². The Morgan fingerprint density at radius 3 is 2.68 bits per heavy atom. The monoisotopic (exact) mass is 337 g/mol. The van der Waals surface area contributed by atoms with Gasteiger partial charge in [-0.05, 0) is 42.5 Å². The number of nitrogens with zero attached hydrogens (tertiary/aromatic N) is 2. The van der Waals surface area contributed by atoms with Crippen LogP contribution in [0.5, 0.6) is 0 Å². The van der Waals surface area contributed by atoms with Crippen molar-refractivity contribution in [1.29, 1.82) is 0 Å². The van der Waals surface area contributed by atoms with Crippen LogP contribution in [0.3, 0.4) is 0 Å². The normalized spacial score (nSPS) is 20.3. The molecule has 0 radical (unpaired) electrons.